The molecule has 1 rings (SSSR count). The highest BCUT2D eigenvalue weighted by Gasteiger charge is 2.08. The Hall–Kier alpha value is -0.830. The minimum Gasteiger partial charge on any atom is -0.334 e. The molecule has 0 fully saturated rings. The second-order valence-electron chi connectivity index (χ2n) is 4.45. The number of nitrogens with one attached hydrogen (secondary N) is 1. The lowest BCUT2D eigenvalue weighted by Gasteiger charge is -2.17. The van der Waals surface area contributed by atoms with Gasteiger partial charge in [-0.3, -0.25) is 0 Å². The van der Waals surface area contributed by atoms with Gasteiger partial charge in [-0.2, -0.15) is 0 Å². The predicted octanol–water partition coefficient (Wildman–Crippen LogP) is 2.43. The Kier molecular flexibility index (Phi) is 4.82. The van der Waals surface area contributed by atoms with E-state index in [4.69, 9.17) is 0 Å². The van der Waals surface area contributed by atoms with Crippen molar-refractivity contribution < 1.29 is 0 Å². The Labute approximate surface area is 92.9 Å². The van der Waals surface area contributed by atoms with Gasteiger partial charge in [-0.25, -0.2) is 4.98 Å². The summed E-state index contributed by atoms with van der Waals surface area (Å²) in [6, 6.07) is 0.539. The minimum absolute atomic E-state index is 0.539. The predicted molar refractivity (Wildman–Crippen MR) is 63.7 cm³/mol. The van der Waals surface area contributed by atoms with E-state index in [-0.39, 0.29) is 0 Å². The number of nitrogens with zero attached hydrogens (tertiary/aromatic N) is 2. The molecule has 0 saturated carbocycles. The maximum Gasteiger partial charge on any atom is 0.122 e. The van der Waals surface area contributed by atoms with E-state index in [0.717, 1.165) is 25.3 Å². The third kappa shape index (κ3) is 3.67. The van der Waals surface area contributed by atoms with Crippen LogP contribution in [0.3, 0.4) is 0 Å². The molecule has 0 amide bonds. The molecule has 86 valence electrons. The van der Waals surface area contributed by atoms with E-state index in [9.17, 15) is 0 Å². The van der Waals surface area contributed by atoms with Crippen LogP contribution in [0.4, 0.5) is 0 Å². The van der Waals surface area contributed by atoms with E-state index >= 15 is 0 Å². The van der Waals surface area contributed by atoms with Crippen LogP contribution in [0.2, 0.25) is 0 Å². The number of hydrogen-bond donors (Lipinski definition) is 1. The summed E-state index contributed by atoms with van der Waals surface area (Å²) in [5, 5.41) is 3.50. The van der Waals surface area contributed by atoms with Gasteiger partial charge in [-0.1, -0.05) is 20.8 Å². The average Bonchev–Trinajstić information content (AvgIpc) is 2.62. The van der Waals surface area contributed by atoms with Crippen molar-refractivity contribution >= 4 is 0 Å². The van der Waals surface area contributed by atoms with Crippen LogP contribution in [0, 0.1) is 5.92 Å². The van der Waals surface area contributed by atoms with Crippen LogP contribution in [0.1, 0.15) is 39.9 Å². The first-order valence-corrected chi connectivity index (χ1v) is 5.88. The molecule has 0 spiro atoms. The van der Waals surface area contributed by atoms with Crippen molar-refractivity contribution in [3.05, 3.63) is 18.2 Å². The van der Waals surface area contributed by atoms with Crippen LogP contribution in [-0.2, 0) is 13.1 Å². The van der Waals surface area contributed by atoms with Gasteiger partial charge < -0.3 is 9.88 Å². The first-order chi connectivity index (χ1) is 7.15. The molecule has 1 heterocycles. The quantitative estimate of drug-likeness (QED) is 0.780. The summed E-state index contributed by atoms with van der Waals surface area (Å²) in [6.07, 6.45) is 5.09. The van der Waals surface area contributed by atoms with Crippen molar-refractivity contribution in [1.29, 1.82) is 0 Å². The molecule has 1 aromatic rings. The third-order valence-corrected chi connectivity index (χ3v) is 2.85. The van der Waals surface area contributed by atoms with Gasteiger partial charge in [0.2, 0.25) is 0 Å². The normalized spacial score (nSPS) is 13.4. The number of aryl methyl sites for hydroxylation is 1. The maximum atomic E-state index is 4.37. The minimum atomic E-state index is 0.539. The Morgan fingerprint density at radius 3 is 2.73 bits per heavy atom. The number of aromatic nitrogens is 2. The number of imidazole rings is 1. The number of rotatable bonds is 6. The van der Waals surface area contributed by atoms with E-state index in [1.54, 1.807) is 0 Å². The fourth-order valence-corrected chi connectivity index (χ4v) is 1.44. The molecule has 3 nitrogen and oxygen atoms in total. The molecule has 0 bridgehead atoms. The zero-order valence-corrected chi connectivity index (χ0v) is 10.3. The first kappa shape index (κ1) is 12.2. The summed E-state index contributed by atoms with van der Waals surface area (Å²) < 4.78 is 2.22. The van der Waals surface area contributed by atoms with Crippen molar-refractivity contribution in [3.8, 4) is 0 Å². The molecular formula is C12H23N3. The fourth-order valence-electron chi connectivity index (χ4n) is 1.44. The Morgan fingerprint density at radius 1 is 1.40 bits per heavy atom. The van der Waals surface area contributed by atoms with E-state index in [0.29, 0.717) is 12.0 Å². The van der Waals surface area contributed by atoms with E-state index < -0.39 is 0 Å². The van der Waals surface area contributed by atoms with Gasteiger partial charge in [0, 0.05) is 25.0 Å². The largest absolute Gasteiger partial charge is 0.334 e. The van der Waals surface area contributed by atoms with Gasteiger partial charge >= 0.3 is 0 Å². The third-order valence-electron chi connectivity index (χ3n) is 2.85. The average molecular weight is 209 g/mol. The van der Waals surface area contributed by atoms with Gasteiger partial charge in [-0.05, 0) is 19.3 Å². The number of hydrogen-bond acceptors (Lipinski definition) is 2. The monoisotopic (exact) mass is 209 g/mol. The molecule has 0 radical (unpaired) electrons. The molecule has 0 aliphatic carbocycles. The van der Waals surface area contributed by atoms with E-state index in [1.165, 1.54) is 0 Å². The molecule has 15 heavy (non-hydrogen) atoms. The summed E-state index contributed by atoms with van der Waals surface area (Å²) in [6.45, 7) is 10.8. The van der Waals surface area contributed by atoms with Crippen LogP contribution in [0.5, 0.6) is 0 Å². The molecule has 0 saturated heterocycles. The molecule has 0 aliphatic rings. The van der Waals surface area contributed by atoms with Crippen LogP contribution in [0.15, 0.2) is 12.4 Å². The van der Waals surface area contributed by atoms with E-state index in [2.05, 4.69) is 48.8 Å². The first-order valence-electron chi connectivity index (χ1n) is 5.88. The zero-order chi connectivity index (χ0) is 11.3. The molecule has 1 aromatic heterocycles. The fraction of sp³-hybridized carbons (Fsp3) is 0.750. The highest BCUT2D eigenvalue weighted by molar-refractivity contribution is 4.92. The van der Waals surface area contributed by atoms with Crippen LogP contribution in [-0.4, -0.2) is 15.6 Å². The van der Waals surface area contributed by atoms with Crippen molar-refractivity contribution in [3.63, 3.8) is 0 Å². The Bertz CT molecular complexity index is 278. The smallest absolute Gasteiger partial charge is 0.122 e. The lowest BCUT2D eigenvalue weighted by Crippen LogP contribution is -2.31. The topological polar surface area (TPSA) is 29.9 Å². The highest BCUT2D eigenvalue weighted by Crippen LogP contribution is 2.03. The van der Waals surface area contributed by atoms with Crippen molar-refractivity contribution in [2.45, 2.75) is 53.2 Å². The van der Waals surface area contributed by atoms with E-state index in [1.807, 2.05) is 6.20 Å². The van der Waals surface area contributed by atoms with Gasteiger partial charge in [0.15, 0.2) is 0 Å². The SMILES string of the molecule is CCCn1ccnc1CNC(C)C(C)C. The lowest BCUT2D eigenvalue weighted by atomic mass is 10.1. The van der Waals surface area contributed by atoms with Gasteiger partial charge in [0.05, 0.1) is 6.54 Å². The molecule has 1 atom stereocenters. The Balaban J connectivity index is 2.46. The van der Waals surface area contributed by atoms with Gasteiger partial charge in [-0.15, -0.1) is 0 Å². The summed E-state index contributed by atoms with van der Waals surface area (Å²) >= 11 is 0. The lowest BCUT2D eigenvalue weighted by molar-refractivity contribution is 0.416. The molecule has 0 aliphatic heterocycles. The highest BCUT2D eigenvalue weighted by atomic mass is 15.1. The second kappa shape index (κ2) is 5.91. The van der Waals surface area contributed by atoms with Crippen molar-refractivity contribution in [2.75, 3.05) is 0 Å². The van der Waals surface area contributed by atoms with Crippen LogP contribution < -0.4 is 5.32 Å². The van der Waals surface area contributed by atoms with Crippen LogP contribution in [0.25, 0.3) is 0 Å². The standard InChI is InChI=1S/C12H23N3/c1-5-7-15-8-6-13-12(15)9-14-11(4)10(2)3/h6,8,10-11,14H,5,7,9H2,1-4H3. The van der Waals surface area contributed by atoms with Gasteiger partial charge in [0.1, 0.15) is 5.82 Å². The molecule has 1 unspecified atom stereocenters. The summed E-state index contributed by atoms with van der Waals surface area (Å²) in [7, 11) is 0. The summed E-state index contributed by atoms with van der Waals surface area (Å²) in [5.74, 6) is 1.81. The zero-order valence-electron chi connectivity index (χ0n) is 10.3. The molecule has 3 heteroatoms. The summed E-state index contributed by atoms with van der Waals surface area (Å²) in [4.78, 5) is 4.37. The summed E-state index contributed by atoms with van der Waals surface area (Å²) in [5.41, 5.74) is 0. The second-order valence-corrected chi connectivity index (χ2v) is 4.45. The van der Waals surface area contributed by atoms with Crippen molar-refractivity contribution in [1.82, 2.24) is 14.9 Å². The van der Waals surface area contributed by atoms with Crippen LogP contribution >= 0.6 is 0 Å². The molecule has 0 aromatic carbocycles. The van der Waals surface area contributed by atoms with Crippen molar-refractivity contribution in [2.24, 2.45) is 5.92 Å². The Morgan fingerprint density at radius 2 is 2.13 bits per heavy atom. The molecular weight excluding hydrogens is 186 g/mol. The van der Waals surface area contributed by atoms with Gasteiger partial charge in [0.25, 0.3) is 0 Å². The maximum absolute atomic E-state index is 4.37. The molecule has 1 N–H and O–H groups in total.